The molecule has 5 rings (SSSR count). The minimum Gasteiger partial charge on any atom is -0.512 e. The molecule has 120 valence electrons. The summed E-state index contributed by atoms with van der Waals surface area (Å²) in [5.74, 6) is 3.31. The van der Waals surface area contributed by atoms with E-state index in [0.29, 0.717) is 5.76 Å². The number of ketones is 1. The number of allylic oxidation sites excluding steroid dienone is 2. The van der Waals surface area contributed by atoms with Gasteiger partial charge in [-0.2, -0.15) is 0 Å². The average Bonchev–Trinajstić information content (AvgIpc) is 2.46. The van der Waals surface area contributed by atoms with Crippen molar-refractivity contribution in [2.45, 2.75) is 70.6 Å². The van der Waals surface area contributed by atoms with Gasteiger partial charge in [-0.15, -0.1) is 0 Å². The molecule has 0 amide bonds. The van der Waals surface area contributed by atoms with Gasteiger partial charge in [0.15, 0.2) is 5.78 Å². The first-order valence-electron chi connectivity index (χ1n) is 9.10. The quantitative estimate of drug-likeness (QED) is 0.565. The van der Waals surface area contributed by atoms with Crippen LogP contribution < -0.4 is 0 Å². The van der Waals surface area contributed by atoms with Crippen molar-refractivity contribution in [3.8, 4) is 0 Å². The molecule has 0 saturated heterocycles. The fourth-order valence-corrected chi connectivity index (χ4v) is 6.22. The second-order valence-electron chi connectivity index (χ2n) is 8.46. The Bertz CT molecular complexity index is 427. The van der Waals surface area contributed by atoms with Crippen molar-refractivity contribution in [3.05, 3.63) is 11.8 Å². The van der Waals surface area contributed by atoms with Crippen LogP contribution >= 0.6 is 0 Å². The summed E-state index contributed by atoms with van der Waals surface area (Å²) in [5, 5.41) is 10.8. The van der Waals surface area contributed by atoms with E-state index in [4.69, 9.17) is 0 Å². The normalized spacial score (nSPS) is 41.3. The fraction of sp³-hybridized carbons (Fsp3) is 0.842. The Hall–Kier alpha value is 0.0931. The van der Waals surface area contributed by atoms with Gasteiger partial charge in [0.2, 0.25) is 0 Å². The summed E-state index contributed by atoms with van der Waals surface area (Å²) in [6, 6.07) is 0. The van der Waals surface area contributed by atoms with Crippen molar-refractivity contribution in [2.24, 2.45) is 29.1 Å². The van der Waals surface area contributed by atoms with Crippen molar-refractivity contribution in [3.63, 3.8) is 0 Å². The van der Waals surface area contributed by atoms with E-state index in [2.05, 4.69) is 0 Å². The standard InChI is InChI=1S/C19H28O2.Zr/c20-17(16-4-2-1-3-5-16)9-18(21)19-10-13-6-14(11-19)8-15(7-13)12-19;/h9,13-16,21H,1-8,10-12H2;/b18-9-;. The summed E-state index contributed by atoms with van der Waals surface area (Å²) in [5.41, 5.74) is -0.0148. The van der Waals surface area contributed by atoms with Crippen LogP contribution in [0.4, 0.5) is 0 Å². The van der Waals surface area contributed by atoms with Crippen LogP contribution in [0.2, 0.25) is 0 Å². The van der Waals surface area contributed by atoms with Gasteiger partial charge < -0.3 is 5.11 Å². The first-order valence-corrected chi connectivity index (χ1v) is 9.10. The van der Waals surface area contributed by atoms with Gasteiger partial charge in [0.1, 0.15) is 5.76 Å². The van der Waals surface area contributed by atoms with E-state index in [1.807, 2.05) is 0 Å². The Morgan fingerprint density at radius 2 is 1.41 bits per heavy atom. The molecule has 5 aliphatic rings. The van der Waals surface area contributed by atoms with Crippen molar-refractivity contribution in [1.82, 2.24) is 0 Å². The van der Waals surface area contributed by atoms with Crippen LogP contribution in [0.3, 0.4) is 0 Å². The molecule has 0 aliphatic heterocycles. The second-order valence-corrected chi connectivity index (χ2v) is 8.46. The third-order valence-electron chi connectivity index (χ3n) is 6.87. The molecule has 3 heteroatoms. The number of aliphatic hydroxyl groups is 1. The molecule has 0 aromatic carbocycles. The molecule has 0 unspecified atom stereocenters. The molecule has 0 heterocycles. The second kappa shape index (κ2) is 6.54. The molecule has 0 atom stereocenters. The van der Waals surface area contributed by atoms with Crippen LogP contribution in [0.15, 0.2) is 11.8 Å². The minimum atomic E-state index is -0.0148. The molecule has 2 nitrogen and oxygen atoms in total. The summed E-state index contributed by atoms with van der Waals surface area (Å²) >= 11 is 0. The molecular weight excluding hydrogens is 351 g/mol. The summed E-state index contributed by atoms with van der Waals surface area (Å²) in [4.78, 5) is 12.5. The molecule has 1 N–H and O–H groups in total. The van der Waals surface area contributed by atoms with Gasteiger partial charge in [-0.25, -0.2) is 0 Å². The third-order valence-corrected chi connectivity index (χ3v) is 6.87. The zero-order valence-corrected chi connectivity index (χ0v) is 16.0. The summed E-state index contributed by atoms with van der Waals surface area (Å²) < 4.78 is 0. The van der Waals surface area contributed by atoms with Gasteiger partial charge in [0, 0.05) is 43.6 Å². The zero-order chi connectivity index (χ0) is 14.4. The number of hydrogen-bond donors (Lipinski definition) is 1. The van der Waals surface area contributed by atoms with Gasteiger partial charge in [0.25, 0.3) is 0 Å². The Morgan fingerprint density at radius 3 is 1.91 bits per heavy atom. The smallest absolute Gasteiger partial charge is 0.162 e. The van der Waals surface area contributed by atoms with Crippen LogP contribution in [0.5, 0.6) is 0 Å². The SMILES string of the molecule is O=C(/C=C(\O)C12CC3CC(CC(C3)C1)C2)C1CCCCC1.[Zr]. The summed E-state index contributed by atoms with van der Waals surface area (Å²) in [6.07, 6.45) is 14.9. The van der Waals surface area contributed by atoms with Crippen LogP contribution in [0.25, 0.3) is 0 Å². The molecule has 0 radical (unpaired) electrons. The molecule has 5 saturated carbocycles. The Morgan fingerprint density at radius 1 is 0.909 bits per heavy atom. The largest absolute Gasteiger partial charge is 0.512 e. The van der Waals surface area contributed by atoms with Gasteiger partial charge in [-0.3, -0.25) is 4.79 Å². The van der Waals surface area contributed by atoms with Gasteiger partial charge in [-0.05, 0) is 69.1 Å². The first kappa shape index (κ1) is 16.9. The molecular formula is C19H28O2Zr. The van der Waals surface area contributed by atoms with Crippen LogP contribution in [-0.2, 0) is 31.0 Å². The predicted octanol–water partition coefficient (Wildman–Crippen LogP) is 4.79. The number of carbonyl (C=O) groups is 1. The number of carbonyl (C=O) groups excluding carboxylic acids is 1. The molecule has 4 bridgehead atoms. The van der Waals surface area contributed by atoms with E-state index in [1.54, 1.807) is 6.08 Å². The average molecular weight is 380 g/mol. The van der Waals surface area contributed by atoms with E-state index in [-0.39, 0.29) is 43.3 Å². The van der Waals surface area contributed by atoms with E-state index < -0.39 is 0 Å². The Balaban J connectivity index is 0.00000144. The molecule has 22 heavy (non-hydrogen) atoms. The van der Waals surface area contributed by atoms with Crippen molar-refractivity contribution in [2.75, 3.05) is 0 Å². The van der Waals surface area contributed by atoms with E-state index in [0.717, 1.165) is 49.9 Å². The molecule has 0 aromatic heterocycles. The summed E-state index contributed by atoms with van der Waals surface area (Å²) in [7, 11) is 0. The van der Waals surface area contributed by atoms with Crippen molar-refractivity contribution in [1.29, 1.82) is 0 Å². The van der Waals surface area contributed by atoms with Crippen molar-refractivity contribution < 1.29 is 36.1 Å². The minimum absolute atomic E-state index is 0. The Kier molecular flexibility index (Phi) is 5.03. The fourth-order valence-electron chi connectivity index (χ4n) is 6.22. The van der Waals surface area contributed by atoms with E-state index in [1.165, 1.54) is 38.5 Å². The molecule has 0 aromatic rings. The molecule has 5 fully saturated rings. The monoisotopic (exact) mass is 378 g/mol. The van der Waals surface area contributed by atoms with Crippen LogP contribution in [-0.4, -0.2) is 10.9 Å². The third kappa shape index (κ3) is 3.04. The maximum absolute atomic E-state index is 12.5. The van der Waals surface area contributed by atoms with Gasteiger partial charge in [0.05, 0.1) is 0 Å². The number of hydrogen-bond acceptors (Lipinski definition) is 2. The van der Waals surface area contributed by atoms with Gasteiger partial charge >= 0.3 is 0 Å². The maximum Gasteiger partial charge on any atom is 0.162 e. The predicted molar refractivity (Wildman–Crippen MR) is 82.9 cm³/mol. The zero-order valence-electron chi connectivity index (χ0n) is 13.5. The van der Waals surface area contributed by atoms with E-state index >= 15 is 0 Å². The summed E-state index contributed by atoms with van der Waals surface area (Å²) in [6.45, 7) is 0. The Labute approximate surface area is 153 Å². The number of aliphatic hydroxyl groups excluding tert-OH is 1. The van der Waals surface area contributed by atoms with Crippen molar-refractivity contribution >= 4 is 5.78 Å². The number of rotatable bonds is 3. The molecule has 5 aliphatic carbocycles. The maximum atomic E-state index is 12.5. The first-order chi connectivity index (χ1) is 10.1. The van der Waals surface area contributed by atoms with Crippen LogP contribution in [0, 0.1) is 29.1 Å². The van der Waals surface area contributed by atoms with Gasteiger partial charge in [-0.1, -0.05) is 19.3 Å². The topological polar surface area (TPSA) is 37.3 Å². The van der Waals surface area contributed by atoms with Crippen LogP contribution in [0.1, 0.15) is 70.6 Å². The van der Waals surface area contributed by atoms with E-state index in [9.17, 15) is 9.90 Å². The molecule has 0 spiro atoms.